The van der Waals surface area contributed by atoms with Crippen molar-refractivity contribution in [2.45, 2.75) is 18.9 Å². The van der Waals surface area contributed by atoms with Crippen molar-refractivity contribution in [3.8, 4) is 11.1 Å². The zero-order chi connectivity index (χ0) is 20.8. The van der Waals surface area contributed by atoms with Crippen LogP contribution in [0.3, 0.4) is 0 Å². The minimum absolute atomic E-state index is 0.156. The van der Waals surface area contributed by atoms with Crippen LogP contribution in [-0.2, 0) is 4.79 Å². The van der Waals surface area contributed by atoms with Gasteiger partial charge in [0, 0.05) is 37.4 Å². The maximum Gasteiger partial charge on any atom is 0.407 e. The highest BCUT2D eigenvalue weighted by Gasteiger charge is 2.27. The third-order valence-corrected chi connectivity index (χ3v) is 5.39. The van der Waals surface area contributed by atoms with Gasteiger partial charge in [-0.3, -0.25) is 4.90 Å². The van der Waals surface area contributed by atoms with Gasteiger partial charge in [0.1, 0.15) is 17.9 Å². The highest BCUT2D eigenvalue weighted by atomic mass is 19.1. The number of pyridine rings is 1. The highest BCUT2D eigenvalue weighted by molar-refractivity contribution is 5.69. The fourth-order valence-electron chi connectivity index (χ4n) is 3.67. The predicted molar refractivity (Wildman–Crippen MR) is 108 cm³/mol. The van der Waals surface area contributed by atoms with Crippen molar-refractivity contribution in [2.24, 2.45) is 11.7 Å². The number of halogens is 1. The van der Waals surface area contributed by atoms with E-state index in [1.807, 2.05) is 12.1 Å². The van der Waals surface area contributed by atoms with Crippen LogP contribution in [0.15, 0.2) is 42.6 Å². The molecule has 2 heterocycles. The van der Waals surface area contributed by atoms with Crippen LogP contribution < -0.4 is 10.6 Å². The number of nitrogens with zero attached hydrogens (tertiary/aromatic N) is 3. The molecule has 3 N–H and O–H groups in total. The van der Waals surface area contributed by atoms with E-state index in [0.29, 0.717) is 6.29 Å². The zero-order valence-electron chi connectivity index (χ0n) is 16.1. The molecule has 29 heavy (non-hydrogen) atoms. The van der Waals surface area contributed by atoms with Gasteiger partial charge < -0.3 is 20.5 Å². The molecule has 1 atom stereocenters. The summed E-state index contributed by atoms with van der Waals surface area (Å²) in [6, 6.07) is 9.93. The van der Waals surface area contributed by atoms with E-state index in [9.17, 15) is 14.0 Å². The Morgan fingerprint density at radius 3 is 2.45 bits per heavy atom. The van der Waals surface area contributed by atoms with Crippen molar-refractivity contribution in [1.29, 1.82) is 0 Å². The molecule has 1 aromatic heterocycles. The Kier molecular flexibility index (Phi) is 6.77. The standard InChI is InChI=1S/C21H25FN4O3/c22-18-4-1-15(2-5-18)17-3-6-20(24-13-17)25-9-7-16(8-10-25)19(23)14-26(11-12-27)21(28)29/h1-6,12-13,16,19H,7-11,14,23H2,(H,28,29). The number of carbonyl (C=O) groups excluding carboxylic acids is 1. The molecule has 2 aromatic rings. The van der Waals surface area contributed by atoms with E-state index in [4.69, 9.17) is 10.8 Å². The molecule has 0 spiro atoms. The van der Waals surface area contributed by atoms with Crippen LogP contribution in [-0.4, -0.2) is 59.6 Å². The molecule has 154 valence electrons. The lowest BCUT2D eigenvalue weighted by Crippen LogP contribution is -2.48. The molecule has 0 radical (unpaired) electrons. The summed E-state index contributed by atoms with van der Waals surface area (Å²) in [4.78, 5) is 29.6. The summed E-state index contributed by atoms with van der Waals surface area (Å²) in [6.45, 7) is 1.56. The van der Waals surface area contributed by atoms with Crippen LogP contribution >= 0.6 is 0 Å². The Labute approximate surface area is 168 Å². The highest BCUT2D eigenvalue weighted by Crippen LogP contribution is 2.26. The van der Waals surface area contributed by atoms with E-state index in [1.54, 1.807) is 18.3 Å². The maximum atomic E-state index is 13.1. The van der Waals surface area contributed by atoms with Gasteiger partial charge in [0.25, 0.3) is 0 Å². The Morgan fingerprint density at radius 1 is 1.24 bits per heavy atom. The van der Waals surface area contributed by atoms with Crippen molar-refractivity contribution in [1.82, 2.24) is 9.88 Å². The van der Waals surface area contributed by atoms with Crippen LogP contribution in [0, 0.1) is 11.7 Å². The van der Waals surface area contributed by atoms with Crippen molar-refractivity contribution in [2.75, 3.05) is 31.1 Å². The Balaban J connectivity index is 1.55. The molecule has 3 rings (SSSR count). The molecule has 1 aliphatic rings. The smallest absolute Gasteiger partial charge is 0.407 e. The fraction of sp³-hybridized carbons (Fsp3) is 0.381. The van der Waals surface area contributed by atoms with Gasteiger partial charge in [-0.2, -0.15) is 0 Å². The molecule has 1 aromatic carbocycles. The minimum atomic E-state index is -1.13. The monoisotopic (exact) mass is 400 g/mol. The number of carbonyl (C=O) groups is 2. The van der Waals surface area contributed by atoms with Crippen LogP contribution in [0.5, 0.6) is 0 Å². The number of aldehydes is 1. The number of benzene rings is 1. The number of aromatic nitrogens is 1. The summed E-state index contributed by atoms with van der Waals surface area (Å²) in [5, 5.41) is 9.14. The van der Waals surface area contributed by atoms with Gasteiger partial charge in [-0.1, -0.05) is 12.1 Å². The molecular weight excluding hydrogens is 375 g/mol. The molecule has 0 saturated carbocycles. The van der Waals surface area contributed by atoms with Gasteiger partial charge in [-0.25, -0.2) is 14.2 Å². The van der Waals surface area contributed by atoms with Crippen molar-refractivity contribution < 1.29 is 19.1 Å². The molecule has 7 nitrogen and oxygen atoms in total. The first-order valence-corrected chi connectivity index (χ1v) is 9.62. The van der Waals surface area contributed by atoms with E-state index in [2.05, 4.69) is 9.88 Å². The molecule has 0 aliphatic carbocycles. The first kappa shape index (κ1) is 20.7. The fourth-order valence-corrected chi connectivity index (χ4v) is 3.67. The van der Waals surface area contributed by atoms with Crippen molar-refractivity contribution in [3.05, 3.63) is 48.4 Å². The van der Waals surface area contributed by atoms with E-state index in [0.717, 1.165) is 47.8 Å². The molecule has 0 bridgehead atoms. The molecule has 1 fully saturated rings. The van der Waals surface area contributed by atoms with E-state index < -0.39 is 6.09 Å². The average molecular weight is 400 g/mol. The minimum Gasteiger partial charge on any atom is -0.465 e. The van der Waals surface area contributed by atoms with Gasteiger partial charge >= 0.3 is 6.09 Å². The largest absolute Gasteiger partial charge is 0.465 e. The van der Waals surface area contributed by atoms with Gasteiger partial charge in [0.15, 0.2) is 0 Å². The second-order valence-electron chi connectivity index (χ2n) is 7.25. The number of carboxylic acid groups (broad SMARTS) is 1. The second kappa shape index (κ2) is 9.47. The normalized spacial score (nSPS) is 15.7. The molecule has 8 heteroatoms. The summed E-state index contributed by atoms with van der Waals surface area (Å²) >= 11 is 0. The number of amides is 1. The Morgan fingerprint density at radius 2 is 1.90 bits per heavy atom. The third-order valence-electron chi connectivity index (χ3n) is 5.39. The molecule has 1 unspecified atom stereocenters. The van der Waals surface area contributed by atoms with E-state index in [-0.39, 0.29) is 30.9 Å². The van der Waals surface area contributed by atoms with E-state index in [1.165, 1.54) is 12.1 Å². The molecule has 1 saturated heterocycles. The molecule has 1 amide bonds. The van der Waals surface area contributed by atoms with E-state index >= 15 is 0 Å². The lowest BCUT2D eigenvalue weighted by atomic mass is 9.89. The maximum absolute atomic E-state index is 13.1. The van der Waals surface area contributed by atoms with Crippen LogP contribution in [0.25, 0.3) is 11.1 Å². The quantitative estimate of drug-likeness (QED) is 0.693. The average Bonchev–Trinajstić information content (AvgIpc) is 2.74. The van der Waals surface area contributed by atoms with Crippen LogP contribution in [0.2, 0.25) is 0 Å². The summed E-state index contributed by atoms with van der Waals surface area (Å²) in [5.41, 5.74) is 8.05. The Bertz CT molecular complexity index is 821. The number of rotatable bonds is 7. The predicted octanol–water partition coefficient (Wildman–Crippen LogP) is 2.61. The third kappa shape index (κ3) is 5.29. The van der Waals surface area contributed by atoms with Gasteiger partial charge in [-0.15, -0.1) is 0 Å². The van der Waals surface area contributed by atoms with Crippen LogP contribution in [0.4, 0.5) is 15.0 Å². The van der Waals surface area contributed by atoms with Gasteiger partial charge in [0.2, 0.25) is 0 Å². The number of hydrogen-bond acceptors (Lipinski definition) is 5. The number of nitrogens with two attached hydrogens (primary N) is 1. The summed E-state index contributed by atoms with van der Waals surface area (Å²) in [6.07, 6.45) is 2.89. The molecular formula is C21H25FN4O3. The SMILES string of the molecule is NC(CN(CC=O)C(=O)O)C1CCN(c2ccc(-c3ccc(F)cc3)cn2)CC1. The first-order chi connectivity index (χ1) is 14.0. The summed E-state index contributed by atoms with van der Waals surface area (Å²) in [5.74, 6) is 0.797. The molecule has 1 aliphatic heterocycles. The number of hydrogen-bond donors (Lipinski definition) is 2. The van der Waals surface area contributed by atoms with Gasteiger partial charge in [-0.05, 0) is 48.6 Å². The topological polar surface area (TPSA) is 99.8 Å². The van der Waals surface area contributed by atoms with Gasteiger partial charge in [0.05, 0.1) is 6.54 Å². The summed E-state index contributed by atoms with van der Waals surface area (Å²) < 4.78 is 13.1. The number of piperidine rings is 1. The Hall–Kier alpha value is -3.00. The number of anilines is 1. The van der Waals surface area contributed by atoms with Crippen LogP contribution in [0.1, 0.15) is 12.8 Å². The lowest BCUT2D eigenvalue weighted by molar-refractivity contribution is -0.108. The first-order valence-electron chi connectivity index (χ1n) is 9.62. The summed E-state index contributed by atoms with van der Waals surface area (Å²) in [7, 11) is 0. The second-order valence-corrected chi connectivity index (χ2v) is 7.25. The van der Waals surface area contributed by atoms with Crippen molar-refractivity contribution in [3.63, 3.8) is 0 Å². The zero-order valence-corrected chi connectivity index (χ0v) is 16.1. The van der Waals surface area contributed by atoms with Crippen molar-refractivity contribution >= 4 is 18.2 Å². The lowest BCUT2D eigenvalue weighted by Gasteiger charge is -2.36.